The van der Waals surface area contributed by atoms with Crippen LogP contribution in [0.4, 0.5) is 0 Å². The number of ether oxygens (including phenoxy) is 2. The predicted molar refractivity (Wildman–Crippen MR) is 67.0 cm³/mol. The summed E-state index contributed by atoms with van der Waals surface area (Å²) in [5.41, 5.74) is 0. The molecule has 0 aliphatic heterocycles. The van der Waals surface area contributed by atoms with Crippen molar-refractivity contribution in [1.82, 2.24) is 4.90 Å². The summed E-state index contributed by atoms with van der Waals surface area (Å²) in [6, 6.07) is 0. The molecule has 0 radical (unpaired) electrons. The Bertz CT molecular complexity index is 283. The molecule has 0 N–H and O–H groups in total. The van der Waals surface area contributed by atoms with Crippen LogP contribution in [-0.2, 0) is 19.1 Å². The van der Waals surface area contributed by atoms with E-state index in [0.717, 1.165) is 25.7 Å². The molecule has 1 rings (SSSR count). The average molecular weight is 257 g/mol. The van der Waals surface area contributed by atoms with Gasteiger partial charge < -0.3 is 14.4 Å². The summed E-state index contributed by atoms with van der Waals surface area (Å²) in [6.07, 6.45) is 3.98. The van der Waals surface area contributed by atoms with Crippen LogP contribution in [0.1, 0.15) is 32.1 Å². The van der Waals surface area contributed by atoms with E-state index in [2.05, 4.69) is 0 Å². The third kappa shape index (κ3) is 4.64. The largest absolute Gasteiger partial charge is 0.469 e. The molecule has 1 saturated carbocycles. The first-order chi connectivity index (χ1) is 8.54. The second-order valence-corrected chi connectivity index (χ2v) is 4.91. The first-order valence-electron chi connectivity index (χ1n) is 6.44. The number of carbonyl (C=O) groups is 2. The maximum atomic E-state index is 11.3. The van der Waals surface area contributed by atoms with E-state index in [1.165, 1.54) is 7.11 Å². The van der Waals surface area contributed by atoms with E-state index >= 15 is 0 Å². The molecule has 104 valence electrons. The third-order valence-corrected chi connectivity index (χ3v) is 3.38. The molecule has 0 aromatic carbocycles. The molecule has 18 heavy (non-hydrogen) atoms. The van der Waals surface area contributed by atoms with Crippen molar-refractivity contribution in [3.05, 3.63) is 0 Å². The fourth-order valence-corrected chi connectivity index (χ4v) is 2.17. The summed E-state index contributed by atoms with van der Waals surface area (Å²) >= 11 is 0. The molecule has 0 aromatic heterocycles. The first-order valence-corrected chi connectivity index (χ1v) is 6.44. The number of nitrogens with zero attached hydrogens (tertiary/aromatic N) is 1. The van der Waals surface area contributed by atoms with Crippen molar-refractivity contribution in [3.8, 4) is 0 Å². The number of hydrogen-bond acceptors (Lipinski definition) is 4. The van der Waals surface area contributed by atoms with Crippen molar-refractivity contribution in [3.63, 3.8) is 0 Å². The van der Waals surface area contributed by atoms with Gasteiger partial charge in [0.15, 0.2) is 0 Å². The lowest BCUT2D eigenvalue weighted by atomic mass is 9.87. The van der Waals surface area contributed by atoms with Crippen LogP contribution in [0.15, 0.2) is 0 Å². The zero-order valence-electron chi connectivity index (χ0n) is 11.5. The van der Waals surface area contributed by atoms with E-state index < -0.39 is 0 Å². The van der Waals surface area contributed by atoms with E-state index in [4.69, 9.17) is 9.47 Å². The molecule has 0 atom stereocenters. The van der Waals surface area contributed by atoms with Crippen LogP contribution in [0.2, 0.25) is 0 Å². The monoisotopic (exact) mass is 257 g/mol. The van der Waals surface area contributed by atoms with E-state index in [-0.39, 0.29) is 23.9 Å². The van der Waals surface area contributed by atoms with Gasteiger partial charge in [-0.1, -0.05) is 0 Å². The van der Waals surface area contributed by atoms with Gasteiger partial charge in [-0.3, -0.25) is 9.59 Å². The van der Waals surface area contributed by atoms with Crippen molar-refractivity contribution in [2.24, 2.45) is 5.92 Å². The molecule has 1 amide bonds. The number of amides is 1. The Labute approximate surface area is 108 Å². The van der Waals surface area contributed by atoms with Gasteiger partial charge in [-0.25, -0.2) is 0 Å². The molecule has 5 heteroatoms. The molecule has 1 aliphatic carbocycles. The molecule has 0 bridgehead atoms. The first kappa shape index (κ1) is 15.0. The highest BCUT2D eigenvalue weighted by Crippen LogP contribution is 2.27. The molecular weight excluding hydrogens is 234 g/mol. The van der Waals surface area contributed by atoms with Gasteiger partial charge >= 0.3 is 5.97 Å². The smallest absolute Gasteiger partial charge is 0.308 e. The van der Waals surface area contributed by atoms with E-state index in [0.29, 0.717) is 13.0 Å². The summed E-state index contributed by atoms with van der Waals surface area (Å²) < 4.78 is 10.4. The molecular formula is C13H23NO4. The number of hydrogen-bond donors (Lipinski definition) is 0. The normalized spacial score (nSPS) is 23.5. The van der Waals surface area contributed by atoms with Gasteiger partial charge in [0.05, 0.1) is 32.2 Å². The molecule has 1 aliphatic rings. The Morgan fingerprint density at radius 3 is 2.28 bits per heavy atom. The van der Waals surface area contributed by atoms with Crippen LogP contribution in [-0.4, -0.2) is 50.7 Å². The van der Waals surface area contributed by atoms with Crippen molar-refractivity contribution in [1.29, 1.82) is 0 Å². The topological polar surface area (TPSA) is 55.8 Å². The van der Waals surface area contributed by atoms with Gasteiger partial charge in [0.1, 0.15) is 0 Å². The van der Waals surface area contributed by atoms with Gasteiger partial charge in [-0.05, 0) is 25.7 Å². The average Bonchev–Trinajstić information content (AvgIpc) is 2.38. The summed E-state index contributed by atoms with van der Waals surface area (Å²) in [5.74, 6) is -0.00672. The highest BCUT2D eigenvalue weighted by molar-refractivity contribution is 5.75. The third-order valence-electron chi connectivity index (χ3n) is 3.38. The Morgan fingerprint density at radius 2 is 1.78 bits per heavy atom. The van der Waals surface area contributed by atoms with Crippen LogP contribution in [0, 0.1) is 5.92 Å². The molecule has 0 heterocycles. The molecule has 0 aromatic rings. The van der Waals surface area contributed by atoms with Gasteiger partial charge in [0.25, 0.3) is 0 Å². The van der Waals surface area contributed by atoms with Crippen LogP contribution in [0.25, 0.3) is 0 Å². The quantitative estimate of drug-likeness (QED) is 0.695. The minimum absolute atomic E-state index is 0.0262. The molecule has 5 nitrogen and oxygen atoms in total. The minimum Gasteiger partial charge on any atom is -0.469 e. The van der Waals surface area contributed by atoms with E-state index in [1.807, 2.05) is 0 Å². The fourth-order valence-electron chi connectivity index (χ4n) is 2.17. The highest BCUT2D eigenvalue weighted by atomic mass is 16.5. The van der Waals surface area contributed by atoms with Crippen LogP contribution in [0.3, 0.4) is 0 Å². The Kier molecular flexibility index (Phi) is 6.12. The van der Waals surface area contributed by atoms with E-state index in [1.54, 1.807) is 19.0 Å². The lowest BCUT2D eigenvalue weighted by molar-refractivity contribution is -0.147. The SMILES string of the molecule is COC(=O)C1CCC(OCCC(=O)N(C)C)CC1. The van der Waals surface area contributed by atoms with Gasteiger partial charge in [-0.15, -0.1) is 0 Å². The number of esters is 1. The Morgan fingerprint density at radius 1 is 1.17 bits per heavy atom. The summed E-state index contributed by atoms with van der Waals surface area (Å²) in [5, 5.41) is 0. The molecule has 0 spiro atoms. The van der Waals surface area contributed by atoms with Crippen molar-refractivity contribution < 1.29 is 19.1 Å². The lowest BCUT2D eigenvalue weighted by Crippen LogP contribution is -2.28. The highest BCUT2D eigenvalue weighted by Gasteiger charge is 2.27. The standard InChI is InChI=1S/C13H23NO4/c1-14(2)12(15)8-9-18-11-6-4-10(5-7-11)13(16)17-3/h10-11H,4-9H2,1-3H3. The van der Waals surface area contributed by atoms with Crippen LogP contribution >= 0.6 is 0 Å². The zero-order valence-corrected chi connectivity index (χ0v) is 11.5. The van der Waals surface area contributed by atoms with Crippen LogP contribution in [0.5, 0.6) is 0 Å². The van der Waals surface area contributed by atoms with Gasteiger partial charge in [0, 0.05) is 14.1 Å². The van der Waals surface area contributed by atoms with Gasteiger partial charge in [0.2, 0.25) is 5.91 Å². The second kappa shape index (κ2) is 7.36. The molecule has 0 unspecified atom stereocenters. The lowest BCUT2D eigenvalue weighted by Gasteiger charge is -2.27. The molecule has 1 fully saturated rings. The number of rotatable bonds is 5. The van der Waals surface area contributed by atoms with E-state index in [9.17, 15) is 9.59 Å². The van der Waals surface area contributed by atoms with Crippen molar-refractivity contribution in [2.45, 2.75) is 38.2 Å². The minimum atomic E-state index is -0.115. The van der Waals surface area contributed by atoms with Crippen LogP contribution < -0.4 is 0 Å². The van der Waals surface area contributed by atoms with Crippen molar-refractivity contribution in [2.75, 3.05) is 27.8 Å². The zero-order chi connectivity index (χ0) is 13.5. The van der Waals surface area contributed by atoms with Crippen molar-refractivity contribution >= 4 is 11.9 Å². The summed E-state index contributed by atoms with van der Waals surface area (Å²) in [4.78, 5) is 24.3. The number of carbonyl (C=O) groups excluding carboxylic acids is 2. The predicted octanol–water partition coefficient (Wildman–Crippen LogP) is 1.21. The maximum Gasteiger partial charge on any atom is 0.308 e. The van der Waals surface area contributed by atoms with Gasteiger partial charge in [-0.2, -0.15) is 0 Å². The Balaban J connectivity index is 2.16. The molecule has 0 saturated heterocycles. The second-order valence-electron chi connectivity index (χ2n) is 4.91. The Hall–Kier alpha value is -1.10. The summed E-state index contributed by atoms with van der Waals surface area (Å²) in [7, 11) is 4.91. The summed E-state index contributed by atoms with van der Waals surface area (Å²) in [6.45, 7) is 0.463. The number of methoxy groups -OCH3 is 1. The fraction of sp³-hybridized carbons (Fsp3) is 0.846. The maximum absolute atomic E-state index is 11.3.